The zero-order chi connectivity index (χ0) is 24.6. The van der Waals surface area contributed by atoms with Crippen LogP contribution in [0.3, 0.4) is 0 Å². The molecule has 0 saturated heterocycles. The molecular weight excluding hydrogens is 500 g/mol. The number of aromatic nitrogens is 1. The first kappa shape index (κ1) is 23.7. The van der Waals surface area contributed by atoms with Crippen molar-refractivity contribution >= 4 is 55.2 Å². The van der Waals surface area contributed by atoms with Gasteiger partial charge in [-0.3, -0.25) is 19.0 Å². The van der Waals surface area contributed by atoms with Gasteiger partial charge in [0.2, 0.25) is 0 Å². The van der Waals surface area contributed by atoms with Gasteiger partial charge < -0.3 is 10.8 Å². The zero-order valence-corrected chi connectivity index (χ0v) is 19.8. The number of carbonyl (C=O) groups excluding carboxylic acids is 2. The molecule has 0 radical (unpaired) electrons. The number of sulfone groups is 1. The third kappa shape index (κ3) is 4.47. The number of nitrogens with two attached hydrogens (primary N) is 1. The molecule has 34 heavy (non-hydrogen) atoms. The maximum atomic E-state index is 13.1. The molecule has 0 bridgehead atoms. The monoisotopic (exact) mass is 516 g/mol. The van der Waals surface area contributed by atoms with E-state index in [0.717, 1.165) is 15.9 Å². The van der Waals surface area contributed by atoms with Crippen LogP contribution in [0.2, 0.25) is 4.34 Å². The van der Waals surface area contributed by atoms with Crippen molar-refractivity contribution in [2.24, 2.45) is 5.73 Å². The highest BCUT2D eigenvalue weighted by Gasteiger charge is 2.23. The average Bonchev–Trinajstić information content (AvgIpc) is 3.23. The molecule has 4 aromatic rings. The number of nitrogens with zero attached hydrogens (tertiary/aromatic N) is 1. The number of rotatable bonds is 7. The molecule has 0 saturated carbocycles. The zero-order valence-electron chi connectivity index (χ0n) is 17.4. The topological polar surface area (TPSA) is 137 Å². The standard InChI is InChI=1S/C23H17ClN2O6S2/c24-18-9-10-19(33-18)34(31,32)12-15(27)11-13-5-7-14(8-6-13)26-20(22(25)29)21(28)16-3-1-2-4-17(16)23(26)30/h1-10,28H,11-12H2,(H2,25,29). The summed E-state index contributed by atoms with van der Waals surface area (Å²) in [5.74, 6) is -2.59. The second-order valence-corrected chi connectivity index (χ2v) is 11.4. The third-order valence-electron chi connectivity index (χ3n) is 5.10. The Hall–Kier alpha value is -3.47. The fraction of sp³-hybridized carbons (Fsp3) is 0.0870. The van der Waals surface area contributed by atoms with Crippen LogP contribution in [0.5, 0.6) is 5.75 Å². The Morgan fingerprint density at radius 3 is 2.24 bits per heavy atom. The number of ketones is 1. The molecule has 0 fully saturated rings. The Morgan fingerprint density at radius 2 is 1.65 bits per heavy atom. The Morgan fingerprint density at radius 1 is 1.00 bits per heavy atom. The Bertz CT molecular complexity index is 1600. The van der Waals surface area contributed by atoms with Crippen molar-refractivity contribution in [2.75, 3.05) is 5.75 Å². The minimum Gasteiger partial charge on any atom is -0.505 e. The predicted molar refractivity (Wildman–Crippen MR) is 130 cm³/mol. The van der Waals surface area contributed by atoms with Crippen molar-refractivity contribution in [1.82, 2.24) is 4.57 Å². The van der Waals surface area contributed by atoms with Crippen LogP contribution < -0.4 is 11.3 Å². The molecular formula is C23H17ClN2O6S2. The molecule has 174 valence electrons. The van der Waals surface area contributed by atoms with E-state index in [0.29, 0.717) is 9.90 Å². The van der Waals surface area contributed by atoms with Gasteiger partial charge in [-0.15, -0.1) is 11.3 Å². The number of fused-ring (bicyclic) bond motifs is 1. The highest BCUT2D eigenvalue weighted by Crippen LogP contribution is 2.28. The van der Waals surface area contributed by atoms with Gasteiger partial charge in [-0.1, -0.05) is 41.9 Å². The Labute approximate surface area is 202 Å². The van der Waals surface area contributed by atoms with E-state index in [4.69, 9.17) is 17.3 Å². The number of hydrogen-bond acceptors (Lipinski definition) is 7. The summed E-state index contributed by atoms with van der Waals surface area (Å²) in [6.45, 7) is 0. The minimum absolute atomic E-state index is 0.0238. The third-order valence-corrected chi connectivity index (χ3v) is 8.59. The molecule has 4 rings (SSSR count). The van der Waals surface area contributed by atoms with Gasteiger partial charge in [0.05, 0.1) is 9.72 Å². The average molecular weight is 517 g/mol. The molecule has 0 aliphatic heterocycles. The summed E-state index contributed by atoms with van der Waals surface area (Å²) in [7, 11) is -3.80. The van der Waals surface area contributed by atoms with E-state index in [1.165, 1.54) is 48.5 Å². The van der Waals surface area contributed by atoms with Gasteiger partial charge in [0, 0.05) is 17.5 Å². The van der Waals surface area contributed by atoms with Gasteiger partial charge in [-0.05, 0) is 35.9 Å². The van der Waals surface area contributed by atoms with Crippen molar-refractivity contribution in [2.45, 2.75) is 10.6 Å². The number of amides is 1. The van der Waals surface area contributed by atoms with Crippen LogP contribution in [0.25, 0.3) is 16.5 Å². The number of benzene rings is 2. The molecule has 0 unspecified atom stereocenters. The van der Waals surface area contributed by atoms with Crippen LogP contribution in [0.15, 0.2) is 69.7 Å². The number of primary amides is 1. The van der Waals surface area contributed by atoms with E-state index in [1.807, 2.05) is 0 Å². The highest BCUT2D eigenvalue weighted by molar-refractivity contribution is 7.94. The number of hydrogen-bond donors (Lipinski definition) is 2. The summed E-state index contributed by atoms with van der Waals surface area (Å²) in [5, 5.41) is 11.0. The molecule has 0 atom stereocenters. The lowest BCUT2D eigenvalue weighted by Crippen LogP contribution is -2.28. The van der Waals surface area contributed by atoms with Crippen molar-refractivity contribution in [3.8, 4) is 11.4 Å². The van der Waals surface area contributed by atoms with E-state index in [2.05, 4.69) is 0 Å². The summed E-state index contributed by atoms with van der Waals surface area (Å²) in [4.78, 5) is 37.5. The van der Waals surface area contributed by atoms with Crippen molar-refractivity contribution in [1.29, 1.82) is 0 Å². The van der Waals surface area contributed by atoms with Gasteiger partial charge in [-0.25, -0.2) is 8.42 Å². The van der Waals surface area contributed by atoms with Gasteiger partial charge in [0.25, 0.3) is 11.5 Å². The van der Waals surface area contributed by atoms with E-state index < -0.39 is 38.6 Å². The first-order valence-corrected chi connectivity index (χ1v) is 12.7. The summed E-state index contributed by atoms with van der Waals surface area (Å²) in [6.07, 6.45) is -0.154. The van der Waals surface area contributed by atoms with Crippen LogP contribution in [-0.2, 0) is 21.1 Å². The van der Waals surface area contributed by atoms with E-state index in [9.17, 15) is 27.9 Å². The number of halogens is 1. The molecule has 0 aliphatic rings. The SMILES string of the molecule is NC(=O)c1c(O)c2ccccc2c(=O)n1-c1ccc(CC(=O)CS(=O)(=O)c2ccc(Cl)s2)cc1. The lowest BCUT2D eigenvalue weighted by molar-refractivity contribution is -0.116. The summed E-state index contributed by atoms with van der Waals surface area (Å²) in [6, 6.07) is 15.1. The Kier molecular flexibility index (Phi) is 6.30. The maximum absolute atomic E-state index is 13.1. The fourth-order valence-corrected chi connectivity index (χ4v) is 6.41. The van der Waals surface area contributed by atoms with Crippen LogP contribution >= 0.6 is 22.9 Å². The van der Waals surface area contributed by atoms with Crippen LogP contribution in [-0.4, -0.2) is 35.5 Å². The Balaban J connectivity index is 1.64. The first-order chi connectivity index (χ1) is 16.1. The molecule has 8 nitrogen and oxygen atoms in total. The number of aromatic hydroxyl groups is 1. The van der Waals surface area contributed by atoms with E-state index in [-0.39, 0.29) is 32.8 Å². The van der Waals surface area contributed by atoms with Crippen molar-refractivity contribution < 1.29 is 23.1 Å². The second kappa shape index (κ2) is 9.05. The molecule has 2 aromatic carbocycles. The maximum Gasteiger partial charge on any atom is 0.269 e. The molecule has 0 aliphatic carbocycles. The summed E-state index contributed by atoms with van der Waals surface area (Å²) >= 11 is 6.67. The summed E-state index contributed by atoms with van der Waals surface area (Å²) in [5.41, 5.74) is 5.29. The highest BCUT2D eigenvalue weighted by atomic mass is 35.5. The van der Waals surface area contributed by atoms with E-state index >= 15 is 0 Å². The number of carbonyl (C=O) groups is 2. The molecule has 3 N–H and O–H groups in total. The molecule has 11 heteroatoms. The van der Waals surface area contributed by atoms with Gasteiger partial charge in [0.15, 0.2) is 27.1 Å². The minimum atomic E-state index is -3.80. The van der Waals surface area contributed by atoms with Crippen molar-refractivity contribution in [3.63, 3.8) is 0 Å². The normalized spacial score (nSPS) is 11.6. The van der Waals surface area contributed by atoms with Gasteiger partial charge >= 0.3 is 0 Å². The lowest BCUT2D eigenvalue weighted by Gasteiger charge is -2.15. The predicted octanol–water partition coefficient (Wildman–Crippen LogP) is 3.10. The molecule has 2 aromatic heterocycles. The van der Waals surface area contributed by atoms with Crippen molar-refractivity contribution in [3.05, 3.63) is 86.6 Å². The fourth-order valence-electron chi connectivity index (χ4n) is 3.59. The van der Waals surface area contributed by atoms with Crippen LogP contribution in [0, 0.1) is 0 Å². The van der Waals surface area contributed by atoms with Gasteiger partial charge in [-0.2, -0.15) is 0 Å². The largest absolute Gasteiger partial charge is 0.505 e. The molecule has 1 amide bonds. The van der Waals surface area contributed by atoms with E-state index in [1.54, 1.807) is 12.1 Å². The molecule has 2 heterocycles. The second-order valence-electron chi connectivity index (χ2n) is 7.45. The lowest BCUT2D eigenvalue weighted by atomic mass is 10.1. The van der Waals surface area contributed by atoms with Gasteiger partial charge in [0.1, 0.15) is 9.96 Å². The smallest absolute Gasteiger partial charge is 0.269 e. The number of pyridine rings is 1. The number of thiophene rings is 1. The first-order valence-electron chi connectivity index (χ1n) is 9.84. The number of Topliss-reactive ketones (excluding diaryl/α,β-unsaturated/α-hetero) is 1. The summed E-state index contributed by atoms with van der Waals surface area (Å²) < 4.78 is 26.1. The van der Waals surface area contributed by atoms with Crippen LogP contribution in [0.1, 0.15) is 16.1 Å². The quantitative estimate of drug-likeness (QED) is 0.387. The van der Waals surface area contributed by atoms with Crippen LogP contribution in [0.4, 0.5) is 0 Å². The molecule has 0 spiro atoms.